The summed E-state index contributed by atoms with van der Waals surface area (Å²) < 4.78 is 6.58. The highest BCUT2D eigenvalue weighted by Crippen LogP contribution is 2.26. The Bertz CT molecular complexity index is 684. The molecule has 3 nitrogen and oxygen atoms in total. The Morgan fingerprint density at radius 3 is 2.86 bits per heavy atom. The van der Waals surface area contributed by atoms with Gasteiger partial charge in [0.1, 0.15) is 12.4 Å². The second-order valence-electron chi connectivity index (χ2n) is 5.12. The number of aryl methyl sites for hydroxylation is 1. The number of rotatable bonds is 1. The summed E-state index contributed by atoms with van der Waals surface area (Å²) in [4.78, 5) is 14.6. The molecule has 0 N–H and O–H groups in total. The Labute approximate surface area is 132 Å². The van der Waals surface area contributed by atoms with E-state index in [1.54, 1.807) is 0 Å². The van der Waals surface area contributed by atoms with Crippen molar-refractivity contribution in [1.29, 1.82) is 0 Å². The molecule has 3 rings (SSSR count). The molecule has 0 saturated heterocycles. The van der Waals surface area contributed by atoms with Crippen molar-refractivity contribution in [3.05, 3.63) is 63.6 Å². The summed E-state index contributed by atoms with van der Waals surface area (Å²) in [5.41, 5.74) is 2.81. The molecule has 4 heteroatoms. The topological polar surface area (TPSA) is 29.5 Å². The van der Waals surface area contributed by atoms with Crippen LogP contribution in [0.3, 0.4) is 0 Å². The van der Waals surface area contributed by atoms with Crippen LogP contribution in [0.2, 0.25) is 0 Å². The molecular formula is C17H16BrNO2. The third kappa shape index (κ3) is 2.81. The predicted molar refractivity (Wildman–Crippen MR) is 85.6 cm³/mol. The van der Waals surface area contributed by atoms with Gasteiger partial charge in [0.25, 0.3) is 5.91 Å². The first-order chi connectivity index (χ1) is 10.2. The van der Waals surface area contributed by atoms with Gasteiger partial charge in [0, 0.05) is 16.6 Å². The van der Waals surface area contributed by atoms with E-state index in [-0.39, 0.29) is 5.91 Å². The Hall–Kier alpha value is -1.81. The Kier molecular flexibility index (Phi) is 3.97. The molecule has 1 aliphatic rings. The van der Waals surface area contributed by atoms with E-state index in [9.17, 15) is 4.79 Å². The van der Waals surface area contributed by atoms with Crippen molar-refractivity contribution >= 4 is 21.8 Å². The molecule has 0 unspecified atom stereocenters. The summed E-state index contributed by atoms with van der Waals surface area (Å²) in [5.74, 6) is 0.905. The Morgan fingerprint density at radius 1 is 1.19 bits per heavy atom. The maximum absolute atomic E-state index is 12.8. The molecule has 0 fully saturated rings. The third-order valence-corrected chi connectivity index (χ3v) is 4.71. The van der Waals surface area contributed by atoms with Crippen molar-refractivity contribution in [1.82, 2.24) is 4.90 Å². The van der Waals surface area contributed by atoms with E-state index < -0.39 is 0 Å². The molecule has 108 valence electrons. The number of carbonyl (C=O) groups excluding carboxylic acids is 1. The number of amides is 1. The summed E-state index contributed by atoms with van der Waals surface area (Å²) in [5, 5.41) is 0. The first kappa shape index (κ1) is 14.1. The van der Waals surface area contributed by atoms with Gasteiger partial charge in [-0.05, 0) is 40.5 Å². The van der Waals surface area contributed by atoms with Crippen molar-refractivity contribution in [2.45, 2.75) is 13.5 Å². The van der Waals surface area contributed by atoms with E-state index in [1.165, 1.54) is 0 Å². The summed E-state index contributed by atoms with van der Waals surface area (Å²) in [7, 11) is 0. The maximum Gasteiger partial charge on any atom is 0.255 e. The minimum Gasteiger partial charge on any atom is -0.491 e. The van der Waals surface area contributed by atoms with E-state index in [4.69, 9.17) is 4.74 Å². The number of para-hydroxylation sites is 1. The van der Waals surface area contributed by atoms with Gasteiger partial charge < -0.3 is 9.64 Å². The lowest BCUT2D eigenvalue weighted by Crippen LogP contribution is -2.32. The summed E-state index contributed by atoms with van der Waals surface area (Å²) in [6.45, 7) is 3.68. The van der Waals surface area contributed by atoms with E-state index in [0.717, 1.165) is 21.3 Å². The second-order valence-corrected chi connectivity index (χ2v) is 5.91. The average Bonchev–Trinajstić information content (AvgIpc) is 2.71. The highest BCUT2D eigenvalue weighted by molar-refractivity contribution is 9.10. The van der Waals surface area contributed by atoms with Gasteiger partial charge in [-0.1, -0.05) is 30.3 Å². The number of carbonyl (C=O) groups is 1. The first-order valence-corrected chi connectivity index (χ1v) is 7.71. The van der Waals surface area contributed by atoms with Gasteiger partial charge in [0.15, 0.2) is 0 Å². The molecule has 0 spiro atoms. The molecule has 1 amide bonds. The number of ether oxygens (including phenoxy) is 1. The van der Waals surface area contributed by atoms with Gasteiger partial charge in [0.05, 0.1) is 12.1 Å². The van der Waals surface area contributed by atoms with Gasteiger partial charge in [-0.2, -0.15) is 0 Å². The summed E-state index contributed by atoms with van der Waals surface area (Å²) >= 11 is 3.52. The van der Waals surface area contributed by atoms with Gasteiger partial charge in [-0.15, -0.1) is 0 Å². The second kappa shape index (κ2) is 5.90. The van der Waals surface area contributed by atoms with Crippen LogP contribution in [-0.2, 0) is 6.54 Å². The fraction of sp³-hybridized carbons (Fsp3) is 0.235. The molecule has 2 aromatic rings. The zero-order valence-corrected chi connectivity index (χ0v) is 13.4. The van der Waals surface area contributed by atoms with Gasteiger partial charge in [-0.3, -0.25) is 4.79 Å². The lowest BCUT2D eigenvalue weighted by atomic mass is 10.1. The van der Waals surface area contributed by atoms with Crippen LogP contribution in [0.4, 0.5) is 0 Å². The summed E-state index contributed by atoms with van der Waals surface area (Å²) in [6.07, 6.45) is 0. The molecule has 0 atom stereocenters. The number of fused-ring (bicyclic) bond motifs is 1. The molecule has 1 aliphatic heterocycles. The van der Waals surface area contributed by atoms with Crippen LogP contribution in [0.25, 0.3) is 0 Å². The van der Waals surface area contributed by atoms with Crippen molar-refractivity contribution in [3.63, 3.8) is 0 Å². The van der Waals surface area contributed by atoms with Crippen LogP contribution in [0, 0.1) is 6.92 Å². The zero-order valence-electron chi connectivity index (χ0n) is 11.8. The van der Waals surface area contributed by atoms with Crippen molar-refractivity contribution < 1.29 is 9.53 Å². The monoisotopic (exact) mass is 345 g/mol. The SMILES string of the molecule is Cc1cccc(C(=O)N2CCOc3ccccc3C2)c1Br. The molecular weight excluding hydrogens is 330 g/mol. The molecule has 0 radical (unpaired) electrons. The first-order valence-electron chi connectivity index (χ1n) is 6.92. The third-order valence-electron chi connectivity index (χ3n) is 3.66. The molecule has 0 aromatic heterocycles. The number of benzene rings is 2. The lowest BCUT2D eigenvalue weighted by molar-refractivity contribution is 0.0732. The number of hydrogen-bond acceptors (Lipinski definition) is 2. The highest BCUT2D eigenvalue weighted by atomic mass is 79.9. The van der Waals surface area contributed by atoms with Crippen LogP contribution in [0.1, 0.15) is 21.5 Å². The number of hydrogen-bond donors (Lipinski definition) is 0. The Balaban J connectivity index is 1.90. The minimum absolute atomic E-state index is 0.0332. The smallest absolute Gasteiger partial charge is 0.255 e. The molecule has 0 bridgehead atoms. The average molecular weight is 346 g/mol. The van der Waals surface area contributed by atoms with Crippen molar-refractivity contribution in [2.24, 2.45) is 0 Å². The largest absolute Gasteiger partial charge is 0.491 e. The quantitative estimate of drug-likeness (QED) is 0.786. The van der Waals surface area contributed by atoms with E-state index >= 15 is 0 Å². The number of nitrogens with zero attached hydrogens (tertiary/aromatic N) is 1. The fourth-order valence-electron chi connectivity index (χ4n) is 2.48. The standard InChI is InChI=1S/C17H16BrNO2/c1-12-5-4-7-14(16(12)18)17(20)19-9-10-21-15-8-3-2-6-13(15)11-19/h2-8H,9-11H2,1H3. The van der Waals surface area contributed by atoms with Crippen LogP contribution < -0.4 is 4.74 Å². The van der Waals surface area contributed by atoms with E-state index in [2.05, 4.69) is 15.9 Å². The highest BCUT2D eigenvalue weighted by Gasteiger charge is 2.22. The molecule has 1 heterocycles. The van der Waals surface area contributed by atoms with Gasteiger partial charge in [0.2, 0.25) is 0 Å². The van der Waals surface area contributed by atoms with Crippen molar-refractivity contribution in [2.75, 3.05) is 13.2 Å². The molecule has 21 heavy (non-hydrogen) atoms. The molecule has 0 aliphatic carbocycles. The van der Waals surface area contributed by atoms with Crippen molar-refractivity contribution in [3.8, 4) is 5.75 Å². The predicted octanol–water partition coefficient (Wildman–Crippen LogP) is 3.79. The van der Waals surface area contributed by atoms with E-state index in [0.29, 0.717) is 25.3 Å². The molecule has 0 saturated carbocycles. The lowest BCUT2D eigenvalue weighted by Gasteiger charge is -2.21. The van der Waals surface area contributed by atoms with Gasteiger partial charge in [-0.25, -0.2) is 0 Å². The zero-order chi connectivity index (χ0) is 14.8. The Morgan fingerprint density at radius 2 is 2.00 bits per heavy atom. The minimum atomic E-state index is 0.0332. The van der Waals surface area contributed by atoms with E-state index in [1.807, 2.05) is 54.3 Å². The normalized spacial score (nSPS) is 14.1. The van der Waals surface area contributed by atoms with Crippen LogP contribution >= 0.6 is 15.9 Å². The van der Waals surface area contributed by atoms with Crippen LogP contribution in [-0.4, -0.2) is 24.0 Å². The van der Waals surface area contributed by atoms with Gasteiger partial charge >= 0.3 is 0 Å². The molecule has 2 aromatic carbocycles. The number of halogens is 1. The van der Waals surface area contributed by atoms with Crippen LogP contribution in [0.5, 0.6) is 5.75 Å². The summed E-state index contributed by atoms with van der Waals surface area (Å²) in [6, 6.07) is 13.6. The van der Waals surface area contributed by atoms with Crippen LogP contribution in [0.15, 0.2) is 46.9 Å². The fourth-order valence-corrected chi connectivity index (χ4v) is 2.92. The maximum atomic E-state index is 12.8.